The smallest absolute Gasteiger partial charge is 0.261 e. The van der Waals surface area contributed by atoms with Gasteiger partial charge in [-0.15, -0.1) is 16.4 Å². The number of thioether (sulfide) groups is 1. The van der Waals surface area contributed by atoms with Gasteiger partial charge in [0.2, 0.25) is 5.16 Å². The average molecular weight is 337 g/mol. The van der Waals surface area contributed by atoms with Crippen molar-refractivity contribution < 1.29 is 4.79 Å². The highest BCUT2D eigenvalue weighted by molar-refractivity contribution is 7.99. The first kappa shape index (κ1) is 15.5. The van der Waals surface area contributed by atoms with E-state index >= 15 is 0 Å². The highest BCUT2D eigenvalue weighted by Crippen LogP contribution is 2.32. The standard InChI is InChI=1S/C14H19N5OS2/c1-9-3-4-11-10(7-9)8-12(22-11)13(20)15-5-6-21-14-16-17-18-19(14)2/h8-9H,3-7H2,1-2H3,(H,15,20)/t9-/m1/s1. The van der Waals surface area contributed by atoms with Crippen LogP contribution in [0.4, 0.5) is 0 Å². The number of thiophene rings is 1. The van der Waals surface area contributed by atoms with Crippen LogP contribution in [0.15, 0.2) is 11.2 Å². The van der Waals surface area contributed by atoms with Gasteiger partial charge in [-0.05, 0) is 47.2 Å². The van der Waals surface area contributed by atoms with E-state index in [2.05, 4.69) is 33.8 Å². The monoisotopic (exact) mass is 337 g/mol. The summed E-state index contributed by atoms with van der Waals surface area (Å²) in [6.45, 7) is 2.88. The first-order valence-corrected chi connectivity index (χ1v) is 9.18. The van der Waals surface area contributed by atoms with Crippen LogP contribution < -0.4 is 5.32 Å². The second kappa shape index (κ2) is 6.78. The number of fused-ring (bicyclic) bond motifs is 1. The van der Waals surface area contributed by atoms with Crippen molar-refractivity contribution in [2.75, 3.05) is 12.3 Å². The lowest BCUT2D eigenvalue weighted by Gasteiger charge is -2.16. The SMILES string of the molecule is C[C@@H]1CCc2sc(C(=O)NCCSc3nnnn3C)cc2C1. The lowest BCUT2D eigenvalue weighted by Crippen LogP contribution is -2.25. The highest BCUT2D eigenvalue weighted by Gasteiger charge is 2.20. The van der Waals surface area contributed by atoms with E-state index in [0.717, 1.165) is 34.5 Å². The minimum atomic E-state index is 0.0312. The molecule has 0 fully saturated rings. The van der Waals surface area contributed by atoms with Gasteiger partial charge in [-0.3, -0.25) is 4.79 Å². The van der Waals surface area contributed by atoms with Crippen LogP contribution in [0.25, 0.3) is 0 Å². The Morgan fingerprint density at radius 2 is 2.45 bits per heavy atom. The zero-order valence-electron chi connectivity index (χ0n) is 12.7. The molecule has 0 spiro atoms. The van der Waals surface area contributed by atoms with Crippen molar-refractivity contribution in [3.63, 3.8) is 0 Å². The fourth-order valence-corrected chi connectivity index (χ4v) is 4.38. The summed E-state index contributed by atoms with van der Waals surface area (Å²) in [5.74, 6) is 1.51. The number of carbonyl (C=O) groups excluding carboxylic acids is 1. The maximum absolute atomic E-state index is 12.2. The fourth-order valence-electron chi connectivity index (χ4n) is 2.56. The lowest BCUT2D eigenvalue weighted by molar-refractivity contribution is 0.0960. The van der Waals surface area contributed by atoms with Gasteiger partial charge in [0, 0.05) is 24.2 Å². The topological polar surface area (TPSA) is 72.7 Å². The molecule has 0 saturated heterocycles. The third-order valence-electron chi connectivity index (χ3n) is 3.75. The Morgan fingerprint density at radius 3 is 3.23 bits per heavy atom. The van der Waals surface area contributed by atoms with Gasteiger partial charge in [0.25, 0.3) is 5.91 Å². The molecule has 118 valence electrons. The van der Waals surface area contributed by atoms with Crippen LogP contribution in [0.5, 0.6) is 0 Å². The molecular formula is C14H19N5OS2. The molecule has 1 aliphatic rings. The summed E-state index contributed by atoms with van der Waals surface area (Å²) in [6.07, 6.45) is 3.45. The largest absolute Gasteiger partial charge is 0.350 e. The molecule has 8 heteroatoms. The molecule has 22 heavy (non-hydrogen) atoms. The molecule has 0 saturated carbocycles. The number of tetrazole rings is 1. The second-order valence-electron chi connectivity index (χ2n) is 5.60. The number of aryl methyl sites for hydroxylation is 2. The Morgan fingerprint density at radius 1 is 1.59 bits per heavy atom. The number of nitrogens with one attached hydrogen (secondary N) is 1. The van der Waals surface area contributed by atoms with E-state index in [4.69, 9.17) is 0 Å². The summed E-state index contributed by atoms with van der Waals surface area (Å²) >= 11 is 3.18. The molecule has 1 atom stereocenters. The Kier molecular flexibility index (Phi) is 4.77. The molecule has 1 aliphatic carbocycles. The van der Waals surface area contributed by atoms with Crippen LogP contribution in [0.3, 0.4) is 0 Å². The predicted octanol–water partition coefficient (Wildman–Crippen LogP) is 1.92. The number of carbonyl (C=O) groups is 1. The second-order valence-corrected chi connectivity index (χ2v) is 7.80. The van der Waals surface area contributed by atoms with E-state index in [0.29, 0.717) is 6.54 Å². The fraction of sp³-hybridized carbons (Fsp3) is 0.571. The first-order chi connectivity index (χ1) is 10.6. The molecule has 0 bridgehead atoms. The molecule has 0 aromatic carbocycles. The maximum atomic E-state index is 12.2. The lowest BCUT2D eigenvalue weighted by atomic mass is 9.90. The van der Waals surface area contributed by atoms with Crippen molar-refractivity contribution in [3.05, 3.63) is 21.4 Å². The quantitative estimate of drug-likeness (QED) is 0.666. The van der Waals surface area contributed by atoms with Crippen LogP contribution in [0.2, 0.25) is 0 Å². The molecular weight excluding hydrogens is 318 g/mol. The van der Waals surface area contributed by atoms with Gasteiger partial charge >= 0.3 is 0 Å². The van der Waals surface area contributed by atoms with Gasteiger partial charge in [-0.25, -0.2) is 4.68 Å². The molecule has 0 radical (unpaired) electrons. The highest BCUT2D eigenvalue weighted by atomic mass is 32.2. The van der Waals surface area contributed by atoms with Crippen LogP contribution in [0, 0.1) is 5.92 Å². The summed E-state index contributed by atoms with van der Waals surface area (Å²) in [5.41, 5.74) is 1.37. The van der Waals surface area contributed by atoms with Gasteiger partial charge in [-0.2, -0.15) is 0 Å². The Labute approximate surface area is 137 Å². The van der Waals surface area contributed by atoms with Crippen molar-refractivity contribution in [2.45, 2.75) is 31.3 Å². The van der Waals surface area contributed by atoms with Crippen molar-refractivity contribution >= 4 is 29.0 Å². The third kappa shape index (κ3) is 3.49. The van der Waals surface area contributed by atoms with Crippen molar-refractivity contribution in [1.82, 2.24) is 25.5 Å². The summed E-state index contributed by atoms with van der Waals surface area (Å²) in [6, 6.07) is 2.07. The minimum absolute atomic E-state index is 0.0312. The van der Waals surface area contributed by atoms with E-state index in [1.54, 1.807) is 23.1 Å². The van der Waals surface area contributed by atoms with Gasteiger partial charge in [-0.1, -0.05) is 18.7 Å². The molecule has 2 heterocycles. The first-order valence-electron chi connectivity index (χ1n) is 7.38. The van der Waals surface area contributed by atoms with E-state index in [9.17, 15) is 4.79 Å². The zero-order chi connectivity index (χ0) is 15.5. The number of aromatic nitrogens is 4. The van der Waals surface area contributed by atoms with E-state index in [1.165, 1.54) is 28.6 Å². The number of hydrogen-bond donors (Lipinski definition) is 1. The molecule has 2 aromatic heterocycles. The van der Waals surface area contributed by atoms with Gasteiger partial charge in [0.15, 0.2) is 0 Å². The normalized spacial score (nSPS) is 17.3. The number of hydrogen-bond acceptors (Lipinski definition) is 6. The van der Waals surface area contributed by atoms with E-state index < -0.39 is 0 Å². The Hall–Kier alpha value is -1.41. The maximum Gasteiger partial charge on any atom is 0.261 e. The molecule has 3 rings (SSSR count). The molecule has 1 amide bonds. The van der Waals surface area contributed by atoms with Crippen molar-refractivity contribution in [1.29, 1.82) is 0 Å². The summed E-state index contributed by atoms with van der Waals surface area (Å²) in [4.78, 5) is 14.4. The molecule has 1 N–H and O–H groups in total. The third-order valence-corrected chi connectivity index (χ3v) is 6.00. The Bertz CT molecular complexity index is 666. The zero-order valence-corrected chi connectivity index (χ0v) is 14.3. The van der Waals surface area contributed by atoms with E-state index in [-0.39, 0.29) is 5.91 Å². The number of rotatable bonds is 5. The Balaban J connectivity index is 1.49. The molecule has 6 nitrogen and oxygen atoms in total. The molecule has 0 unspecified atom stereocenters. The molecule has 0 aliphatic heterocycles. The van der Waals surface area contributed by atoms with Crippen molar-refractivity contribution in [3.8, 4) is 0 Å². The van der Waals surface area contributed by atoms with Crippen molar-refractivity contribution in [2.24, 2.45) is 13.0 Å². The number of amides is 1. The molecule has 2 aromatic rings. The van der Waals surface area contributed by atoms with Gasteiger partial charge < -0.3 is 5.32 Å². The number of nitrogens with zero attached hydrogens (tertiary/aromatic N) is 4. The van der Waals surface area contributed by atoms with Crippen LogP contribution in [-0.2, 0) is 19.9 Å². The van der Waals surface area contributed by atoms with Crippen LogP contribution >= 0.6 is 23.1 Å². The van der Waals surface area contributed by atoms with E-state index in [1.807, 2.05) is 0 Å². The minimum Gasteiger partial charge on any atom is -0.350 e. The summed E-state index contributed by atoms with van der Waals surface area (Å²) in [5, 5.41) is 15.0. The predicted molar refractivity (Wildman–Crippen MR) is 87.4 cm³/mol. The van der Waals surface area contributed by atoms with Gasteiger partial charge in [0.05, 0.1) is 4.88 Å². The average Bonchev–Trinajstić information content (AvgIpc) is 3.09. The summed E-state index contributed by atoms with van der Waals surface area (Å²) in [7, 11) is 1.80. The van der Waals surface area contributed by atoms with Gasteiger partial charge in [0.1, 0.15) is 0 Å². The van der Waals surface area contributed by atoms with Crippen LogP contribution in [0.1, 0.15) is 33.5 Å². The summed E-state index contributed by atoms with van der Waals surface area (Å²) < 4.78 is 1.63. The van der Waals surface area contributed by atoms with Crippen LogP contribution in [-0.4, -0.2) is 38.4 Å².